The Bertz CT molecular complexity index is 828. The van der Waals surface area contributed by atoms with Crippen LogP contribution in [0.1, 0.15) is 0 Å². The highest BCUT2D eigenvalue weighted by Gasteiger charge is 2.54. The van der Waals surface area contributed by atoms with Gasteiger partial charge in [0.25, 0.3) is 0 Å². The fourth-order valence-electron chi connectivity index (χ4n) is 3.02. The Balaban J connectivity index is 1.65. The van der Waals surface area contributed by atoms with E-state index < -0.39 is 10.0 Å². The Morgan fingerprint density at radius 2 is 1.80 bits per heavy atom. The number of fused-ring (bicyclic) bond motifs is 2. The second-order valence-electron chi connectivity index (χ2n) is 5.42. The molecule has 2 aromatic rings. The lowest BCUT2D eigenvalue weighted by Gasteiger charge is -2.08. The van der Waals surface area contributed by atoms with Gasteiger partial charge in [-0.2, -0.15) is 0 Å². The molecule has 1 aliphatic heterocycles. The molecule has 0 radical (unpaired) electrons. The summed E-state index contributed by atoms with van der Waals surface area (Å²) in [7, 11) is -3.53. The first kappa shape index (κ1) is 12.1. The molecule has 1 saturated carbocycles. The van der Waals surface area contributed by atoms with Crippen LogP contribution in [0, 0.1) is 11.8 Å². The van der Waals surface area contributed by atoms with Crippen molar-refractivity contribution in [2.24, 2.45) is 11.8 Å². The number of nitrogens with one attached hydrogen (secondary N) is 4. The van der Waals surface area contributed by atoms with Crippen LogP contribution in [0.25, 0.3) is 11.0 Å². The molecule has 4 N–H and O–H groups in total. The monoisotopic (exact) mass is 294 g/mol. The third-order valence-corrected chi connectivity index (χ3v) is 5.64. The van der Waals surface area contributed by atoms with Crippen molar-refractivity contribution in [3.05, 3.63) is 28.7 Å². The number of imidazole rings is 1. The van der Waals surface area contributed by atoms with E-state index in [1.54, 1.807) is 6.07 Å². The summed E-state index contributed by atoms with van der Waals surface area (Å²) in [5.41, 5.74) is 0.752. The Hall–Kier alpha value is -1.64. The molecule has 1 aromatic carbocycles. The third-order valence-electron chi connectivity index (χ3n) is 4.18. The van der Waals surface area contributed by atoms with Gasteiger partial charge in [-0.3, -0.25) is 0 Å². The van der Waals surface area contributed by atoms with E-state index in [-0.39, 0.29) is 16.6 Å². The van der Waals surface area contributed by atoms with E-state index in [2.05, 4.69) is 20.0 Å². The molecule has 1 aliphatic carbocycles. The maximum absolute atomic E-state index is 12.3. The molecule has 2 fully saturated rings. The highest BCUT2D eigenvalue weighted by Crippen LogP contribution is 2.42. The first-order valence-electron chi connectivity index (χ1n) is 6.50. The molecular formula is C12H14N4O3S. The Morgan fingerprint density at radius 1 is 1.10 bits per heavy atom. The van der Waals surface area contributed by atoms with E-state index in [9.17, 15) is 13.2 Å². The van der Waals surface area contributed by atoms with Gasteiger partial charge in [0, 0.05) is 6.04 Å². The number of sulfonamides is 1. The molecule has 7 nitrogen and oxygen atoms in total. The molecule has 2 unspecified atom stereocenters. The van der Waals surface area contributed by atoms with E-state index in [0.29, 0.717) is 22.9 Å². The number of aromatic nitrogens is 2. The molecule has 2 heterocycles. The molecule has 4 rings (SSSR count). The van der Waals surface area contributed by atoms with Gasteiger partial charge in [-0.15, -0.1) is 0 Å². The zero-order valence-corrected chi connectivity index (χ0v) is 11.3. The summed E-state index contributed by atoms with van der Waals surface area (Å²) in [5.74, 6) is 0.834. The molecule has 1 aromatic heterocycles. The Kier molecular flexibility index (Phi) is 2.39. The molecular weight excluding hydrogens is 280 g/mol. The van der Waals surface area contributed by atoms with Crippen LogP contribution >= 0.6 is 0 Å². The summed E-state index contributed by atoms with van der Waals surface area (Å²) < 4.78 is 27.4. The minimum absolute atomic E-state index is 0.0437. The van der Waals surface area contributed by atoms with Crippen molar-refractivity contribution in [2.75, 3.05) is 13.1 Å². The quantitative estimate of drug-likeness (QED) is 0.603. The highest BCUT2D eigenvalue weighted by molar-refractivity contribution is 7.89. The summed E-state index contributed by atoms with van der Waals surface area (Å²) in [5, 5.41) is 3.23. The van der Waals surface area contributed by atoms with Crippen molar-refractivity contribution in [3.63, 3.8) is 0 Å². The van der Waals surface area contributed by atoms with Crippen LogP contribution in [0.15, 0.2) is 27.9 Å². The summed E-state index contributed by atoms with van der Waals surface area (Å²) >= 11 is 0. The van der Waals surface area contributed by atoms with E-state index in [4.69, 9.17) is 0 Å². The Labute approximate surface area is 114 Å². The van der Waals surface area contributed by atoms with E-state index in [0.717, 1.165) is 13.1 Å². The van der Waals surface area contributed by atoms with Crippen molar-refractivity contribution in [1.82, 2.24) is 20.0 Å². The normalized spacial score (nSPS) is 28.7. The molecule has 1 saturated heterocycles. The van der Waals surface area contributed by atoms with Gasteiger partial charge in [-0.05, 0) is 43.1 Å². The van der Waals surface area contributed by atoms with Gasteiger partial charge >= 0.3 is 5.69 Å². The highest BCUT2D eigenvalue weighted by atomic mass is 32.2. The van der Waals surface area contributed by atoms with Crippen molar-refractivity contribution in [1.29, 1.82) is 0 Å². The van der Waals surface area contributed by atoms with Crippen LogP contribution in [-0.2, 0) is 10.0 Å². The second-order valence-corrected chi connectivity index (χ2v) is 7.13. The van der Waals surface area contributed by atoms with Gasteiger partial charge in [0.15, 0.2) is 0 Å². The Morgan fingerprint density at radius 3 is 2.55 bits per heavy atom. The van der Waals surface area contributed by atoms with Crippen molar-refractivity contribution < 1.29 is 8.42 Å². The van der Waals surface area contributed by atoms with Crippen LogP contribution in [0.2, 0.25) is 0 Å². The average Bonchev–Trinajstić information content (AvgIpc) is 2.81. The van der Waals surface area contributed by atoms with Crippen LogP contribution in [-0.4, -0.2) is 37.5 Å². The van der Waals surface area contributed by atoms with Gasteiger partial charge in [0.2, 0.25) is 10.0 Å². The molecule has 2 aliphatic rings. The van der Waals surface area contributed by atoms with Gasteiger partial charge < -0.3 is 15.3 Å². The lowest BCUT2D eigenvalue weighted by molar-refractivity contribution is 0.565. The predicted octanol–water partition coefficient (Wildman–Crippen LogP) is -0.648. The number of benzene rings is 1. The second kappa shape index (κ2) is 3.94. The molecule has 0 spiro atoms. The number of hydrogen-bond donors (Lipinski definition) is 4. The van der Waals surface area contributed by atoms with Gasteiger partial charge in [0.1, 0.15) is 0 Å². The SMILES string of the molecule is O=c1[nH]c2ccc(S(=O)(=O)NC3C4CNCC43)cc2[nH]1. The van der Waals surface area contributed by atoms with Gasteiger partial charge in [0.05, 0.1) is 15.9 Å². The van der Waals surface area contributed by atoms with E-state index in [1.807, 2.05) is 0 Å². The standard InChI is InChI=1S/C12H14N4O3S/c17-12-14-9-2-1-6(3-10(9)15-12)20(18,19)16-11-7-4-13-5-8(7)11/h1-3,7-8,11,13,16H,4-5H2,(H2,14,15,17). The molecule has 20 heavy (non-hydrogen) atoms. The largest absolute Gasteiger partial charge is 0.323 e. The minimum Gasteiger partial charge on any atom is -0.316 e. The summed E-state index contributed by atoms with van der Waals surface area (Å²) in [6.45, 7) is 1.75. The first-order valence-corrected chi connectivity index (χ1v) is 7.98. The van der Waals surface area contributed by atoms with Gasteiger partial charge in [-0.25, -0.2) is 17.9 Å². The smallest absolute Gasteiger partial charge is 0.316 e. The van der Waals surface area contributed by atoms with Crippen LogP contribution in [0.3, 0.4) is 0 Å². The fraction of sp³-hybridized carbons (Fsp3) is 0.417. The number of piperidine rings is 1. The maximum atomic E-state index is 12.3. The topological polar surface area (TPSA) is 107 Å². The predicted molar refractivity (Wildman–Crippen MR) is 72.9 cm³/mol. The first-order chi connectivity index (χ1) is 9.54. The fourth-order valence-corrected chi connectivity index (χ4v) is 4.38. The molecule has 0 bridgehead atoms. The van der Waals surface area contributed by atoms with E-state index in [1.165, 1.54) is 12.1 Å². The zero-order chi connectivity index (χ0) is 13.9. The average molecular weight is 294 g/mol. The minimum atomic E-state index is -3.53. The summed E-state index contributed by atoms with van der Waals surface area (Å²) in [4.78, 5) is 16.5. The van der Waals surface area contributed by atoms with Crippen molar-refractivity contribution in [2.45, 2.75) is 10.9 Å². The summed E-state index contributed by atoms with van der Waals surface area (Å²) in [6.07, 6.45) is 0. The maximum Gasteiger partial charge on any atom is 0.323 e. The molecule has 106 valence electrons. The molecule has 8 heteroatoms. The number of rotatable bonds is 3. The lowest BCUT2D eigenvalue weighted by atomic mass is 10.3. The van der Waals surface area contributed by atoms with Crippen LogP contribution < -0.4 is 15.7 Å². The van der Waals surface area contributed by atoms with Crippen molar-refractivity contribution in [3.8, 4) is 0 Å². The van der Waals surface area contributed by atoms with Gasteiger partial charge in [-0.1, -0.05) is 0 Å². The lowest BCUT2D eigenvalue weighted by Crippen LogP contribution is -2.32. The molecule has 2 atom stereocenters. The number of hydrogen-bond acceptors (Lipinski definition) is 4. The summed E-state index contributed by atoms with van der Waals surface area (Å²) in [6, 6.07) is 4.62. The third kappa shape index (κ3) is 1.80. The zero-order valence-electron chi connectivity index (χ0n) is 10.5. The molecule has 0 amide bonds. The number of H-pyrrole nitrogens is 2. The van der Waals surface area contributed by atoms with E-state index >= 15 is 0 Å². The van der Waals surface area contributed by atoms with Crippen molar-refractivity contribution >= 4 is 21.1 Å². The number of aromatic amines is 2. The van der Waals surface area contributed by atoms with Crippen LogP contribution in [0.5, 0.6) is 0 Å². The van der Waals surface area contributed by atoms with Crippen LogP contribution in [0.4, 0.5) is 0 Å².